The topological polar surface area (TPSA) is 140 Å². The highest BCUT2D eigenvalue weighted by Crippen LogP contribution is 2.43. The van der Waals surface area contributed by atoms with Crippen molar-refractivity contribution in [3.63, 3.8) is 0 Å². The van der Waals surface area contributed by atoms with Gasteiger partial charge in [0, 0.05) is 25.4 Å². The first kappa shape index (κ1) is 26.6. The maximum atomic E-state index is 13.6. The number of ether oxygens (including phenoxy) is 2. The number of ketones is 1. The van der Waals surface area contributed by atoms with Gasteiger partial charge in [0.25, 0.3) is 5.91 Å². The third-order valence-corrected chi connectivity index (χ3v) is 7.98. The van der Waals surface area contributed by atoms with Crippen LogP contribution in [0.2, 0.25) is 0 Å². The fourth-order valence-electron chi connectivity index (χ4n) is 6.12. The zero-order valence-corrected chi connectivity index (χ0v) is 20.6. The number of carbonyl (C=O) groups excluding carboxylic acids is 4. The molecule has 1 aromatic heterocycles. The fraction of sp³-hybridized carbons (Fsp3) is 0.708. The number of alkyl halides is 3. The molecule has 38 heavy (non-hydrogen) atoms. The van der Waals surface area contributed by atoms with Gasteiger partial charge in [-0.1, -0.05) is 11.6 Å². The van der Waals surface area contributed by atoms with Crippen LogP contribution < -0.4 is 10.6 Å². The van der Waals surface area contributed by atoms with Gasteiger partial charge in [-0.3, -0.25) is 23.9 Å². The molecule has 3 aliphatic heterocycles. The Kier molecular flexibility index (Phi) is 7.45. The molecule has 3 amide bonds. The molecule has 4 heterocycles. The molecule has 14 heteroatoms. The van der Waals surface area contributed by atoms with Gasteiger partial charge in [0.2, 0.25) is 11.8 Å². The number of halogens is 3. The lowest BCUT2D eigenvalue weighted by molar-refractivity contribution is -0.321. The van der Waals surface area contributed by atoms with Gasteiger partial charge in [-0.05, 0) is 37.5 Å². The van der Waals surface area contributed by atoms with Crippen molar-refractivity contribution in [2.45, 2.75) is 63.6 Å². The van der Waals surface area contributed by atoms with Gasteiger partial charge in [-0.2, -0.15) is 0 Å². The molecule has 11 nitrogen and oxygen atoms in total. The van der Waals surface area contributed by atoms with Crippen LogP contribution in [-0.2, 0) is 36.9 Å². The zero-order valence-electron chi connectivity index (χ0n) is 20.6. The SMILES string of the molecule is O=C1NCC[C@H]1C[C@H](NC(=O)[C@@H]1[C@H]2CCC[C@H]2CN1C(=O)c1noc2c1COCC2)C(=O)COC(F)(F)F. The second-order valence-corrected chi connectivity index (χ2v) is 10.3. The normalized spacial score (nSPS) is 27.6. The van der Waals surface area contributed by atoms with Crippen molar-refractivity contribution in [3.8, 4) is 0 Å². The molecular weight excluding hydrogens is 513 g/mol. The third kappa shape index (κ3) is 5.41. The van der Waals surface area contributed by atoms with Crippen molar-refractivity contribution in [2.24, 2.45) is 17.8 Å². The summed E-state index contributed by atoms with van der Waals surface area (Å²) in [5, 5.41) is 9.13. The first-order valence-corrected chi connectivity index (χ1v) is 12.8. The van der Waals surface area contributed by atoms with Gasteiger partial charge in [0.05, 0.1) is 24.8 Å². The quantitative estimate of drug-likeness (QED) is 0.498. The summed E-state index contributed by atoms with van der Waals surface area (Å²) >= 11 is 0. The summed E-state index contributed by atoms with van der Waals surface area (Å²) in [4.78, 5) is 53.5. The molecule has 5 atom stereocenters. The first-order chi connectivity index (χ1) is 18.1. The van der Waals surface area contributed by atoms with Gasteiger partial charge in [0.15, 0.2) is 11.5 Å². The van der Waals surface area contributed by atoms with Crippen LogP contribution in [0.4, 0.5) is 13.2 Å². The van der Waals surface area contributed by atoms with Crippen LogP contribution in [-0.4, -0.2) is 78.3 Å². The number of hydrogen-bond donors (Lipinski definition) is 2. The van der Waals surface area contributed by atoms with Crippen LogP contribution in [0.15, 0.2) is 4.52 Å². The number of aromatic nitrogens is 1. The van der Waals surface area contributed by atoms with Gasteiger partial charge in [0.1, 0.15) is 18.4 Å². The van der Waals surface area contributed by atoms with Gasteiger partial charge in [-0.25, -0.2) is 0 Å². The number of amides is 3. The van der Waals surface area contributed by atoms with E-state index < -0.39 is 48.6 Å². The zero-order chi connectivity index (χ0) is 27.0. The van der Waals surface area contributed by atoms with E-state index in [9.17, 15) is 32.3 Å². The number of hydrogen-bond acceptors (Lipinski definition) is 8. The highest BCUT2D eigenvalue weighted by atomic mass is 19.4. The van der Waals surface area contributed by atoms with E-state index in [1.54, 1.807) is 0 Å². The minimum Gasteiger partial charge on any atom is -0.376 e. The summed E-state index contributed by atoms with van der Waals surface area (Å²) in [5.74, 6) is -2.66. The minimum atomic E-state index is -5.03. The predicted molar refractivity (Wildman–Crippen MR) is 120 cm³/mol. The van der Waals surface area contributed by atoms with E-state index in [2.05, 4.69) is 20.5 Å². The summed E-state index contributed by atoms with van der Waals surface area (Å²) < 4.78 is 52.3. The largest absolute Gasteiger partial charge is 0.522 e. The highest BCUT2D eigenvalue weighted by molar-refractivity contribution is 5.99. The number of nitrogens with one attached hydrogen (secondary N) is 2. The van der Waals surface area contributed by atoms with E-state index in [1.807, 2.05) is 0 Å². The number of carbonyl (C=O) groups is 4. The van der Waals surface area contributed by atoms with Crippen LogP contribution in [0.5, 0.6) is 0 Å². The Morgan fingerprint density at radius 3 is 2.79 bits per heavy atom. The van der Waals surface area contributed by atoms with Crippen molar-refractivity contribution in [2.75, 3.05) is 26.3 Å². The molecule has 208 valence electrons. The average Bonchev–Trinajstić information content (AvgIpc) is 3.65. The molecule has 2 N–H and O–H groups in total. The number of fused-ring (bicyclic) bond motifs is 2. The van der Waals surface area contributed by atoms with Crippen LogP contribution in [0.1, 0.15) is 53.9 Å². The second kappa shape index (κ2) is 10.6. The first-order valence-electron chi connectivity index (χ1n) is 12.8. The Morgan fingerprint density at radius 1 is 1.24 bits per heavy atom. The second-order valence-electron chi connectivity index (χ2n) is 10.3. The lowest BCUT2D eigenvalue weighted by Gasteiger charge is -2.29. The number of rotatable bonds is 8. The molecule has 0 spiro atoms. The monoisotopic (exact) mass is 542 g/mol. The molecule has 3 fully saturated rings. The highest BCUT2D eigenvalue weighted by Gasteiger charge is 2.51. The molecule has 0 aromatic carbocycles. The number of likely N-dealkylation sites (tertiary alicyclic amines) is 1. The third-order valence-electron chi connectivity index (χ3n) is 7.98. The van der Waals surface area contributed by atoms with E-state index in [0.29, 0.717) is 50.3 Å². The van der Waals surface area contributed by atoms with Crippen molar-refractivity contribution in [3.05, 3.63) is 17.0 Å². The Morgan fingerprint density at radius 2 is 2.05 bits per heavy atom. The predicted octanol–water partition coefficient (Wildman–Crippen LogP) is 1.10. The molecular formula is C24H29F3N4O7. The maximum Gasteiger partial charge on any atom is 0.522 e. The van der Waals surface area contributed by atoms with E-state index in [0.717, 1.165) is 12.8 Å². The maximum absolute atomic E-state index is 13.6. The molecule has 0 radical (unpaired) electrons. The average molecular weight is 543 g/mol. The molecule has 1 aromatic rings. The molecule has 2 saturated heterocycles. The summed E-state index contributed by atoms with van der Waals surface area (Å²) in [6.45, 7) is -0.00611. The van der Waals surface area contributed by atoms with Gasteiger partial charge in [-0.15, -0.1) is 13.2 Å². The van der Waals surface area contributed by atoms with Crippen LogP contribution in [0.25, 0.3) is 0 Å². The Bertz CT molecular complexity index is 1110. The molecule has 4 aliphatic rings. The molecule has 1 aliphatic carbocycles. The summed E-state index contributed by atoms with van der Waals surface area (Å²) in [7, 11) is 0. The lowest BCUT2D eigenvalue weighted by atomic mass is 9.92. The fourth-order valence-corrected chi connectivity index (χ4v) is 6.12. The lowest BCUT2D eigenvalue weighted by Crippen LogP contribution is -2.54. The Balaban J connectivity index is 1.36. The van der Waals surface area contributed by atoms with Gasteiger partial charge >= 0.3 is 6.36 Å². The standard InChI is InChI=1S/C24H29F3N4O7/c25-24(26,27)37-11-17(32)16(8-12-4-6-28-21(12)33)29-22(34)20-14-3-1-2-13(14)9-31(20)23(35)19-15-10-36-7-5-18(15)38-30-19/h12-14,16,20H,1-11H2,(H,28,33)(H,29,34)/t12-,13-,14-,16-,20-/m0/s1. The van der Waals surface area contributed by atoms with Crippen LogP contribution >= 0.6 is 0 Å². The molecule has 0 bridgehead atoms. The molecule has 5 rings (SSSR count). The van der Waals surface area contributed by atoms with Crippen molar-refractivity contribution >= 4 is 23.5 Å². The van der Waals surface area contributed by atoms with Crippen molar-refractivity contribution < 1.29 is 46.3 Å². The van der Waals surface area contributed by atoms with Gasteiger partial charge < -0.3 is 24.8 Å². The molecule has 1 saturated carbocycles. The van der Waals surface area contributed by atoms with Crippen molar-refractivity contribution in [1.29, 1.82) is 0 Å². The minimum absolute atomic E-state index is 0.0667. The Hall–Kier alpha value is -3.00. The number of Topliss-reactive ketones (excluding diaryl/α,β-unsaturated/α-hetero) is 1. The summed E-state index contributed by atoms with van der Waals surface area (Å²) in [5.41, 5.74) is 0.619. The van der Waals surface area contributed by atoms with Crippen molar-refractivity contribution in [1.82, 2.24) is 20.7 Å². The summed E-state index contributed by atoms with van der Waals surface area (Å²) in [6, 6.07) is -2.33. The van der Waals surface area contributed by atoms with Crippen LogP contribution in [0.3, 0.4) is 0 Å². The smallest absolute Gasteiger partial charge is 0.376 e. The summed E-state index contributed by atoms with van der Waals surface area (Å²) in [6.07, 6.45) is -1.95. The van der Waals surface area contributed by atoms with Crippen LogP contribution in [0, 0.1) is 17.8 Å². The number of nitrogens with zero attached hydrogens (tertiary/aromatic N) is 2. The van der Waals surface area contributed by atoms with E-state index in [1.165, 1.54) is 4.90 Å². The molecule has 0 unspecified atom stereocenters. The Labute approximate surface area is 215 Å². The van der Waals surface area contributed by atoms with E-state index in [4.69, 9.17) is 9.26 Å². The van der Waals surface area contributed by atoms with E-state index in [-0.39, 0.29) is 36.5 Å². The van der Waals surface area contributed by atoms with E-state index >= 15 is 0 Å².